The highest BCUT2D eigenvalue weighted by molar-refractivity contribution is 5.78. The van der Waals surface area contributed by atoms with Gasteiger partial charge in [-0.1, -0.05) is 31.9 Å². The van der Waals surface area contributed by atoms with E-state index < -0.39 is 0 Å². The average molecular weight is 376 g/mol. The molecule has 4 nitrogen and oxygen atoms in total. The number of phenolic OH excluding ortho intramolecular Hbond substituents is 1. The molecule has 1 aliphatic heterocycles. The van der Waals surface area contributed by atoms with E-state index >= 15 is 0 Å². The lowest BCUT2D eigenvalue weighted by Crippen LogP contribution is -2.59. The van der Waals surface area contributed by atoms with Crippen molar-refractivity contribution in [1.82, 2.24) is 5.32 Å². The van der Waals surface area contributed by atoms with E-state index in [0.29, 0.717) is 5.75 Å². The lowest BCUT2D eigenvalue weighted by molar-refractivity contribution is -0.155. The molecule has 1 unspecified atom stereocenters. The first-order valence-electron chi connectivity index (χ1n) is 10.2. The number of hydrogen-bond acceptors (Lipinski definition) is 4. The van der Waals surface area contributed by atoms with Crippen LogP contribution in [-0.2, 0) is 9.53 Å². The first kappa shape index (κ1) is 21.7. The highest BCUT2D eigenvalue weighted by Gasteiger charge is 2.40. The number of carbonyl (C=O) groups is 1. The molecular weight excluding hydrogens is 338 g/mol. The van der Waals surface area contributed by atoms with E-state index in [-0.39, 0.29) is 29.1 Å². The Kier molecular flexibility index (Phi) is 6.62. The van der Waals surface area contributed by atoms with Gasteiger partial charge in [0.1, 0.15) is 11.9 Å². The van der Waals surface area contributed by atoms with Crippen LogP contribution in [0, 0.1) is 13.8 Å². The van der Waals surface area contributed by atoms with Gasteiger partial charge in [0, 0.05) is 23.9 Å². The highest BCUT2D eigenvalue weighted by atomic mass is 16.5. The molecule has 2 N–H and O–H groups in total. The van der Waals surface area contributed by atoms with Gasteiger partial charge in [0.05, 0.1) is 5.92 Å². The molecule has 1 fully saturated rings. The normalized spacial score (nSPS) is 20.3. The number of nitrogens with one attached hydrogen (secondary N) is 1. The number of piperidine rings is 1. The number of carbonyl (C=O) groups excluding carboxylic acids is 1. The molecule has 1 saturated heterocycles. The first-order chi connectivity index (χ1) is 12.4. The zero-order valence-electron chi connectivity index (χ0n) is 18.1. The maximum absolute atomic E-state index is 13.1. The van der Waals surface area contributed by atoms with Crippen LogP contribution in [0.1, 0.15) is 89.3 Å². The number of ether oxygens (including phenoxy) is 1. The number of aromatic hydroxyl groups is 1. The highest BCUT2D eigenvalue weighted by Crippen LogP contribution is 2.34. The van der Waals surface area contributed by atoms with Crippen molar-refractivity contribution < 1.29 is 14.6 Å². The predicted molar refractivity (Wildman–Crippen MR) is 110 cm³/mol. The Morgan fingerprint density at radius 1 is 1.19 bits per heavy atom. The Bertz CT molecular complexity index is 639. The van der Waals surface area contributed by atoms with Gasteiger partial charge in [-0.2, -0.15) is 0 Å². The number of hydrogen-bond donors (Lipinski definition) is 2. The molecule has 0 amide bonds. The van der Waals surface area contributed by atoms with Crippen molar-refractivity contribution in [1.29, 1.82) is 0 Å². The third kappa shape index (κ3) is 5.71. The van der Waals surface area contributed by atoms with E-state index in [1.807, 2.05) is 26.0 Å². The van der Waals surface area contributed by atoms with Crippen molar-refractivity contribution in [3.63, 3.8) is 0 Å². The van der Waals surface area contributed by atoms with E-state index in [1.165, 1.54) is 0 Å². The maximum atomic E-state index is 13.1. The zero-order chi connectivity index (χ0) is 20.4. The van der Waals surface area contributed by atoms with E-state index in [9.17, 15) is 9.90 Å². The van der Waals surface area contributed by atoms with Gasteiger partial charge in [-0.15, -0.1) is 0 Å². The fourth-order valence-corrected chi connectivity index (χ4v) is 4.58. The molecule has 0 aromatic heterocycles. The number of phenols is 1. The third-order valence-corrected chi connectivity index (χ3v) is 5.48. The maximum Gasteiger partial charge on any atom is 0.313 e. The average Bonchev–Trinajstić information content (AvgIpc) is 2.49. The number of benzene rings is 1. The van der Waals surface area contributed by atoms with Gasteiger partial charge >= 0.3 is 5.97 Å². The molecule has 152 valence electrons. The summed E-state index contributed by atoms with van der Waals surface area (Å²) in [7, 11) is 0. The van der Waals surface area contributed by atoms with Crippen LogP contribution in [0.4, 0.5) is 0 Å². The molecule has 1 aliphatic rings. The van der Waals surface area contributed by atoms with Gasteiger partial charge in [0.15, 0.2) is 0 Å². The second-order valence-electron chi connectivity index (χ2n) is 9.56. The van der Waals surface area contributed by atoms with Crippen molar-refractivity contribution in [2.75, 3.05) is 0 Å². The Morgan fingerprint density at radius 2 is 1.70 bits per heavy atom. The van der Waals surface area contributed by atoms with Crippen LogP contribution in [0.5, 0.6) is 5.75 Å². The quantitative estimate of drug-likeness (QED) is 0.676. The molecule has 0 bridgehead atoms. The van der Waals surface area contributed by atoms with Crippen LogP contribution < -0.4 is 5.32 Å². The molecule has 1 aromatic carbocycles. The first-order valence-corrected chi connectivity index (χ1v) is 10.2. The van der Waals surface area contributed by atoms with Gasteiger partial charge in [-0.3, -0.25) is 4.79 Å². The monoisotopic (exact) mass is 375 g/mol. The number of aryl methyl sites for hydroxylation is 2. The van der Waals surface area contributed by atoms with Crippen LogP contribution in [0.25, 0.3) is 0 Å². The van der Waals surface area contributed by atoms with Crippen LogP contribution in [0.3, 0.4) is 0 Å². The minimum absolute atomic E-state index is 0.0582. The van der Waals surface area contributed by atoms with Crippen molar-refractivity contribution in [2.45, 2.75) is 104 Å². The Labute approximate surface area is 164 Å². The summed E-state index contributed by atoms with van der Waals surface area (Å²) in [5, 5.41) is 13.7. The van der Waals surface area contributed by atoms with Gasteiger partial charge < -0.3 is 15.2 Å². The Balaban J connectivity index is 2.22. The molecule has 1 atom stereocenters. The summed E-state index contributed by atoms with van der Waals surface area (Å²) in [6, 6.07) is 3.86. The fourth-order valence-electron chi connectivity index (χ4n) is 4.58. The number of unbranched alkanes of at least 4 members (excludes halogenated alkanes) is 1. The molecule has 1 aromatic rings. The second-order valence-corrected chi connectivity index (χ2v) is 9.56. The molecule has 4 heteroatoms. The summed E-state index contributed by atoms with van der Waals surface area (Å²) in [6.45, 7) is 14.5. The van der Waals surface area contributed by atoms with Crippen LogP contribution in [-0.4, -0.2) is 28.3 Å². The van der Waals surface area contributed by atoms with Crippen LogP contribution in [0.2, 0.25) is 0 Å². The van der Waals surface area contributed by atoms with Gasteiger partial charge in [-0.25, -0.2) is 0 Å². The number of rotatable bonds is 6. The van der Waals surface area contributed by atoms with E-state index in [4.69, 9.17) is 4.74 Å². The van der Waals surface area contributed by atoms with E-state index in [0.717, 1.165) is 48.8 Å². The summed E-state index contributed by atoms with van der Waals surface area (Å²) in [5.41, 5.74) is 2.45. The lowest BCUT2D eigenvalue weighted by atomic mass is 9.81. The molecule has 1 heterocycles. The van der Waals surface area contributed by atoms with Crippen LogP contribution in [0.15, 0.2) is 12.1 Å². The molecule has 0 spiro atoms. The standard InChI is InChI=1S/C23H37NO3/c1-8-9-10-19(17-11-15(2)20(25)16(3)12-17)21(26)27-18-13-22(4,5)24-23(6,7)14-18/h11-12,18-19,24-25H,8-10,13-14H2,1-7H3. The lowest BCUT2D eigenvalue weighted by Gasteiger charge is -2.46. The summed E-state index contributed by atoms with van der Waals surface area (Å²) in [5.74, 6) is -0.0984. The van der Waals surface area contributed by atoms with Gasteiger partial charge in [0.25, 0.3) is 0 Å². The number of esters is 1. The van der Waals surface area contributed by atoms with Gasteiger partial charge in [0.2, 0.25) is 0 Å². The van der Waals surface area contributed by atoms with Crippen molar-refractivity contribution in [3.05, 3.63) is 28.8 Å². The fraction of sp³-hybridized carbons (Fsp3) is 0.696. The van der Waals surface area contributed by atoms with E-state index in [2.05, 4.69) is 39.9 Å². The Morgan fingerprint density at radius 3 is 2.19 bits per heavy atom. The SMILES string of the molecule is CCCCC(C(=O)OC1CC(C)(C)NC(C)(C)C1)c1cc(C)c(O)c(C)c1. The summed E-state index contributed by atoms with van der Waals surface area (Å²) in [4.78, 5) is 13.1. The smallest absolute Gasteiger partial charge is 0.313 e. The van der Waals surface area contributed by atoms with Crippen molar-refractivity contribution in [3.8, 4) is 5.75 Å². The van der Waals surface area contributed by atoms with Crippen molar-refractivity contribution in [2.24, 2.45) is 0 Å². The largest absolute Gasteiger partial charge is 0.507 e. The molecule has 0 saturated carbocycles. The zero-order valence-corrected chi connectivity index (χ0v) is 18.1. The van der Waals surface area contributed by atoms with Crippen LogP contribution >= 0.6 is 0 Å². The second kappa shape index (κ2) is 8.22. The summed E-state index contributed by atoms with van der Waals surface area (Å²) < 4.78 is 6.04. The minimum Gasteiger partial charge on any atom is -0.507 e. The van der Waals surface area contributed by atoms with E-state index in [1.54, 1.807) is 0 Å². The topological polar surface area (TPSA) is 58.6 Å². The summed E-state index contributed by atoms with van der Waals surface area (Å²) >= 11 is 0. The minimum atomic E-state index is -0.274. The molecule has 0 radical (unpaired) electrons. The van der Waals surface area contributed by atoms with Crippen molar-refractivity contribution >= 4 is 5.97 Å². The Hall–Kier alpha value is -1.55. The predicted octanol–water partition coefficient (Wildman–Crippen LogP) is 5.14. The third-order valence-electron chi connectivity index (χ3n) is 5.48. The van der Waals surface area contributed by atoms with Gasteiger partial charge in [-0.05, 0) is 64.7 Å². The summed E-state index contributed by atoms with van der Waals surface area (Å²) in [6.07, 6.45) is 4.34. The molecule has 27 heavy (non-hydrogen) atoms. The molecule has 2 rings (SSSR count). The molecule has 0 aliphatic carbocycles. The molecular formula is C23H37NO3.